The molecule has 1 atom stereocenters. The lowest BCUT2D eigenvalue weighted by Crippen LogP contribution is -2.53. The number of rotatable bonds is 7. The first kappa shape index (κ1) is 25.2. The average Bonchev–Trinajstić information content (AvgIpc) is 2.61. The standard InChI is InChI=1S/C15H22N4O2.C6H11N/c1-9-10(7-6-8-18-9)11(17-5)14(21)19-12(13(16)20)15(2,3)4;1-2-3-4-5-6-7/h6-8,12H,1-5H3,(H2,16,20)(H,19,21);2-5H2,1H3. The second kappa shape index (κ2) is 12.6. The number of hydrogen-bond donors (Lipinski definition) is 2. The third kappa shape index (κ3) is 8.76. The molecule has 0 fully saturated rings. The minimum atomic E-state index is -0.779. The summed E-state index contributed by atoms with van der Waals surface area (Å²) in [6.45, 7) is 9.43. The van der Waals surface area contributed by atoms with Crippen LogP contribution in [0.15, 0.2) is 23.3 Å². The smallest absolute Gasteiger partial charge is 0.270 e. The molecule has 0 saturated heterocycles. The van der Waals surface area contributed by atoms with Crippen LogP contribution in [0, 0.1) is 23.7 Å². The lowest BCUT2D eigenvalue weighted by molar-refractivity contribution is -0.126. The van der Waals surface area contributed by atoms with Crippen molar-refractivity contribution >= 4 is 17.5 Å². The highest BCUT2D eigenvalue weighted by molar-refractivity contribution is 6.45. The summed E-state index contributed by atoms with van der Waals surface area (Å²) in [7, 11) is 1.53. The van der Waals surface area contributed by atoms with E-state index in [1.807, 2.05) is 20.8 Å². The molecule has 2 amide bonds. The van der Waals surface area contributed by atoms with Crippen LogP contribution in [0.3, 0.4) is 0 Å². The van der Waals surface area contributed by atoms with Crippen LogP contribution in [0.4, 0.5) is 0 Å². The first-order chi connectivity index (χ1) is 13.1. The van der Waals surface area contributed by atoms with Crippen LogP contribution in [0.5, 0.6) is 0 Å². The maximum absolute atomic E-state index is 12.4. The highest BCUT2D eigenvalue weighted by Gasteiger charge is 2.32. The van der Waals surface area contributed by atoms with Gasteiger partial charge in [-0.15, -0.1) is 0 Å². The molecular formula is C21H33N5O2. The van der Waals surface area contributed by atoms with E-state index in [4.69, 9.17) is 11.0 Å². The first-order valence-electron chi connectivity index (χ1n) is 9.46. The molecule has 1 unspecified atom stereocenters. The Morgan fingerprint density at radius 1 is 1.36 bits per heavy atom. The lowest BCUT2D eigenvalue weighted by atomic mass is 9.86. The van der Waals surface area contributed by atoms with Gasteiger partial charge in [-0.3, -0.25) is 19.6 Å². The van der Waals surface area contributed by atoms with Gasteiger partial charge in [0.05, 0.1) is 6.07 Å². The number of carbonyl (C=O) groups excluding carboxylic acids is 2. The van der Waals surface area contributed by atoms with Crippen LogP contribution >= 0.6 is 0 Å². The molecule has 0 bridgehead atoms. The molecule has 154 valence electrons. The van der Waals surface area contributed by atoms with Crippen molar-refractivity contribution in [1.82, 2.24) is 10.3 Å². The highest BCUT2D eigenvalue weighted by atomic mass is 16.2. The van der Waals surface area contributed by atoms with Gasteiger partial charge in [-0.2, -0.15) is 5.26 Å². The SMILES string of the molecule is CCCCCC#N.CN=C(C(=O)NC(C(N)=O)C(C)(C)C)c1cccnc1C. The minimum Gasteiger partial charge on any atom is -0.368 e. The van der Waals surface area contributed by atoms with Gasteiger partial charge in [-0.1, -0.05) is 40.5 Å². The van der Waals surface area contributed by atoms with Crippen molar-refractivity contribution in [3.05, 3.63) is 29.6 Å². The summed E-state index contributed by atoms with van der Waals surface area (Å²) < 4.78 is 0. The Hall–Kier alpha value is -2.75. The summed E-state index contributed by atoms with van der Waals surface area (Å²) in [6, 6.07) is 4.82. The molecule has 3 N–H and O–H groups in total. The van der Waals surface area contributed by atoms with Crippen molar-refractivity contribution in [1.29, 1.82) is 5.26 Å². The fourth-order valence-corrected chi connectivity index (χ4v) is 2.45. The molecule has 1 aromatic rings. The minimum absolute atomic E-state index is 0.232. The second-order valence-corrected chi connectivity index (χ2v) is 7.50. The summed E-state index contributed by atoms with van der Waals surface area (Å²) in [4.78, 5) is 32.1. The normalized spacial score (nSPS) is 12.2. The molecule has 1 heterocycles. The predicted molar refractivity (Wildman–Crippen MR) is 112 cm³/mol. The van der Waals surface area contributed by atoms with E-state index in [0.29, 0.717) is 11.3 Å². The number of aryl methyl sites for hydroxylation is 1. The van der Waals surface area contributed by atoms with Crippen LogP contribution in [0.2, 0.25) is 0 Å². The molecule has 1 rings (SSSR count). The maximum atomic E-state index is 12.4. The van der Waals surface area contributed by atoms with Crippen molar-refractivity contribution < 1.29 is 9.59 Å². The molecule has 28 heavy (non-hydrogen) atoms. The van der Waals surface area contributed by atoms with E-state index in [1.165, 1.54) is 19.9 Å². The number of carbonyl (C=O) groups is 2. The molecule has 0 aromatic carbocycles. The molecule has 0 aliphatic rings. The monoisotopic (exact) mass is 387 g/mol. The quantitative estimate of drug-likeness (QED) is 0.552. The number of aromatic nitrogens is 1. The summed E-state index contributed by atoms with van der Waals surface area (Å²) >= 11 is 0. The number of nitriles is 1. The summed E-state index contributed by atoms with van der Waals surface area (Å²) in [5, 5.41) is 10.7. The van der Waals surface area contributed by atoms with Crippen LogP contribution in [-0.2, 0) is 9.59 Å². The number of amides is 2. The second-order valence-electron chi connectivity index (χ2n) is 7.50. The topological polar surface area (TPSA) is 121 Å². The fraction of sp³-hybridized carbons (Fsp3) is 0.571. The Balaban J connectivity index is 0.000000887. The molecule has 0 saturated carbocycles. The van der Waals surface area contributed by atoms with E-state index < -0.39 is 23.3 Å². The van der Waals surface area contributed by atoms with E-state index in [1.54, 1.807) is 25.3 Å². The molecule has 0 radical (unpaired) electrons. The van der Waals surface area contributed by atoms with E-state index in [0.717, 1.165) is 12.8 Å². The molecule has 1 aromatic heterocycles. The zero-order valence-electron chi connectivity index (χ0n) is 17.9. The number of nitrogens with one attached hydrogen (secondary N) is 1. The van der Waals surface area contributed by atoms with Gasteiger partial charge in [0.15, 0.2) is 0 Å². The lowest BCUT2D eigenvalue weighted by Gasteiger charge is -2.28. The van der Waals surface area contributed by atoms with E-state index >= 15 is 0 Å². The highest BCUT2D eigenvalue weighted by Crippen LogP contribution is 2.19. The zero-order chi connectivity index (χ0) is 21.7. The van der Waals surface area contributed by atoms with Gasteiger partial charge in [0, 0.05) is 30.9 Å². The van der Waals surface area contributed by atoms with Gasteiger partial charge < -0.3 is 11.1 Å². The Kier molecular flexibility index (Phi) is 11.4. The summed E-state index contributed by atoms with van der Waals surface area (Å²) in [5.41, 5.74) is 6.45. The largest absolute Gasteiger partial charge is 0.368 e. The maximum Gasteiger partial charge on any atom is 0.270 e. The molecular weight excluding hydrogens is 354 g/mol. The van der Waals surface area contributed by atoms with Crippen molar-refractivity contribution in [2.45, 2.75) is 66.3 Å². The molecule has 7 heteroatoms. The van der Waals surface area contributed by atoms with Crippen LogP contribution in [-0.4, -0.2) is 35.6 Å². The number of primary amides is 1. The molecule has 7 nitrogen and oxygen atoms in total. The van der Waals surface area contributed by atoms with Gasteiger partial charge in [0.2, 0.25) is 5.91 Å². The zero-order valence-corrected chi connectivity index (χ0v) is 17.9. The van der Waals surface area contributed by atoms with E-state index in [2.05, 4.69) is 28.3 Å². The van der Waals surface area contributed by atoms with E-state index in [9.17, 15) is 9.59 Å². The predicted octanol–water partition coefficient (Wildman–Crippen LogP) is 2.92. The Labute approximate surface area is 168 Å². The number of pyridine rings is 1. The molecule has 0 aliphatic heterocycles. The van der Waals surface area contributed by atoms with E-state index in [-0.39, 0.29) is 5.71 Å². The van der Waals surface area contributed by atoms with Crippen LogP contribution in [0.1, 0.15) is 64.6 Å². The van der Waals surface area contributed by atoms with Crippen LogP contribution < -0.4 is 11.1 Å². The summed E-state index contributed by atoms with van der Waals surface area (Å²) in [5.74, 6) is -1.01. The Bertz CT molecular complexity index is 714. The van der Waals surface area contributed by atoms with Crippen molar-refractivity contribution in [3.8, 4) is 6.07 Å². The fourth-order valence-electron chi connectivity index (χ4n) is 2.45. The summed E-state index contributed by atoms with van der Waals surface area (Å²) in [6.07, 6.45) is 5.86. The Morgan fingerprint density at radius 2 is 2.00 bits per heavy atom. The van der Waals surface area contributed by atoms with Gasteiger partial charge >= 0.3 is 0 Å². The van der Waals surface area contributed by atoms with Gasteiger partial charge in [0.1, 0.15) is 11.8 Å². The third-order valence-electron chi connectivity index (χ3n) is 4.02. The van der Waals surface area contributed by atoms with Gasteiger partial charge in [-0.25, -0.2) is 0 Å². The first-order valence-corrected chi connectivity index (χ1v) is 9.46. The van der Waals surface area contributed by atoms with Crippen molar-refractivity contribution in [3.63, 3.8) is 0 Å². The number of aliphatic imine (C=N–C) groups is 1. The number of unbranched alkanes of at least 4 members (excludes halogenated alkanes) is 3. The van der Waals surface area contributed by atoms with Gasteiger partial charge in [0.25, 0.3) is 5.91 Å². The van der Waals surface area contributed by atoms with Crippen molar-refractivity contribution in [2.24, 2.45) is 16.1 Å². The molecule has 0 aliphatic carbocycles. The van der Waals surface area contributed by atoms with Crippen molar-refractivity contribution in [2.75, 3.05) is 7.05 Å². The average molecular weight is 388 g/mol. The number of hydrogen-bond acceptors (Lipinski definition) is 5. The van der Waals surface area contributed by atoms with Gasteiger partial charge in [-0.05, 0) is 30.9 Å². The number of nitrogens with zero attached hydrogens (tertiary/aromatic N) is 3. The number of nitrogens with two attached hydrogens (primary N) is 1. The molecule has 0 spiro atoms. The van der Waals surface area contributed by atoms with Crippen LogP contribution in [0.25, 0.3) is 0 Å². The third-order valence-corrected chi connectivity index (χ3v) is 4.02. The Morgan fingerprint density at radius 3 is 2.43 bits per heavy atom.